The van der Waals surface area contributed by atoms with Crippen LogP contribution in [0.5, 0.6) is 0 Å². The van der Waals surface area contributed by atoms with Crippen LogP contribution in [0, 0.1) is 0 Å². The first-order valence-corrected chi connectivity index (χ1v) is 7.54. The van der Waals surface area contributed by atoms with Crippen LogP contribution in [0.2, 0.25) is 0 Å². The minimum atomic E-state index is -0.943. The number of carbonyl (C=O) groups is 1. The summed E-state index contributed by atoms with van der Waals surface area (Å²) in [4.78, 5) is 10.5. The Labute approximate surface area is 130 Å². The maximum Gasteiger partial charge on any atom is 0.320 e. The van der Waals surface area contributed by atoms with Gasteiger partial charge < -0.3 is 21.5 Å². The van der Waals surface area contributed by atoms with Crippen LogP contribution in [0.25, 0.3) is 0 Å². The Hall–Kier alpha value is -1.66. The number of hydrogen-bond donors (Lipinski definition) is 4. The number of carboxylic acids is 1. The lowest BCUT2D eigenvalue weighted by Crippen LogP contribution is -2.37. The van der Waals surface area contributed by atoms with Gasteiger partial charge in [0.05, 0.1) is 0 Å². The van der Waals surface area contributed by atoms with Crippen LogP contribution in [0.4, 0.5) is 0 Å². The van der Waals surface area contributed by atoms with Gasteiger partial charge in [-0.05, 0) is 43.5 Å². The van der Waals surface area contributed by atoms with Crippen LogP contribution < -0.4 is 16.4 Å². The third-order valence-electron chi connectivity index (χ3n) is 3.09. The van der Waals surface area contributed by atoms with Gasteiger partial charge in [0, 0.05) is 13.1 Å². The molecule has 1 aromatic rings. The van der Waals surface area contributed by atoms with Gasteiger partial charge in [0.25, 0.3) is 0 Å². The Kier molecular flexibility index (Phi) is 8.38. The van der Waals surface area contributed by atoms with Crippen LogP contribution in [0.3, 0.4) is 0 Å². The number of unbranched alkanes of at least 4 members (excludes halogenated alkanes) is 1. The molecule has 0 saturated carbocycles. The van der Waals surface area contributed by atoms with Gasteiger partial charge in [0.15, 0.2) is 5.11 Å². The highest BCUT2D eigenvalue weighted by Crippen LogP contribution is 1.99. The smallest absolute Gasteiger partial charge is 0.320 e. The van der Waals surface area contributed by atoms with E-state index >= 15 is 0 Å². The fourth-order valence-electron chi connectivity index (χ4n) is 1.84. The highest BCUT2D eigenvalue weighted by Gasteiger charge is 2.09. The number of rotatable bonds is 9. The molecule has 0 saturated heterocycles. The largest absolute Gasteiger partial charge is 0.480 e. The third kappa shape index (κ3) is 8.27. The minimum Gasteiger partial charge on any atom is -0.480 e. The molecule has 5 N–H and O–H groups in total. The quantitative estimate of drug-likeness (QED) is 0.406. The Balaban J connectivity index is 2.00. The molecule has 0 aliphatic rings. The molecule has 21 heavy (non-hydrogen) atoms. The fraction of sp³-hybridized carbons (Fsp3) is 0.467. The van der Waals surface area contributed by atoms with E-state index in [9.17, 15) is 4.79 Å². The van der Waals surface area contributed by atoms with E-state index in [4.69, 9.17) is 23.1 Å². The molecular weight excluding hydrogens is 286 g/mol. The number of nitrogens with one attached hydrogen (secondary N) is 2. The van der Waals surface area contributed by atoms with Crippen molar-refractivity contribution in [1.29, 1.82) is 0 Å². The van der Waals surface area contributed by atoms with E-state index in [1.54, 1.807) is 0 Å². The molecular formula is C15H23N3O2S. The first-order valence-electron chi connectivity index (χ1n) is 7.13. The predicted molar refractivity (Wildman–Crippen MR) is 88.2 cm³/mol. The summed E-state index contributed by atoms with van der Waals surface area (Å²) in [6.07, 6.45) is 3.04. The second-order valence-electron chi connectivity index (χ2n) is 4.86. The van der Waals surface area contributed by atoms with Crippen LogP contribution in [-0.2, 0) is 11.2 Å². The summed E-state index contributed by atoms with van der Waals surface area (Å²) in [7, 11) is 0. The number of nitrogens with two attached hydrogens (primary N) is 1. The first-order chi connectivity index (χ1) is 10.1. The zero-order chi connectivity index (χ0) is 15.5. The monoisotopic (exact) mass is 309 g/mol. The summed E-state index contributed by atoms with van der Waals surface area (Å²) in [6.45, 7) is 1.52. The van der Waals surface area contributed by atoms with Crippen molar-refractivity contribution in [3.05, 3.63) is 35.9 Å². The van der Waals surface area contributed by atoms with E-state index in [1.807, 2.05) is 18.2 Å². The summed E-state index contributed by atoms with van der Waals surface area (Å²) in [5.74, 6) is -0.943. The van der Waals surface area contributed by atoms with Crippen molar-refractivity contribution in [3.63, 3.8) is 0 Å². The van der Waals surface area contributed by atoms with Crippen molar-refractivity contribution in [2.24, 2.45) is 5.73 Å². The van der Waals surface area contributed by atoms with Gasteiger partial charge in [-0.1, -0.05) is 30.3 Å². The summed E-state index contributed by atoms with van der Waals surface area (Å²) in [6, 6.07) is 9.45. The Bertz CT molecular complexity index is 440. The van der Waals surface area contributed by atoms with E-state index in [-0.39, 0.29) is 0 Å². The predicted octanol–water partition coefficient (Wildman–Crippen LogP) is 1.28. The van der Waals surface area contributed by atoms with Gasteiger partial charge in [-0.3, -0.25) is 4.79 Å². The van der Waals surface area contributed by atoms with Gasteiger partial charge >= 0.3 is 5.97 Å². The van der Waals surface area contributed by atoms with Gasteiger partial charge in [-0.2, -0.15) is 0 Å². The summed E-state index contributed by atoms with van der Waals surface area (Å²) in [5.41, 5.74) is 6.70. The molecule has 1 rings (SSSR count). The van der Waals surface area contributed by atoms with Gasteiger partial charge in [-0.25, -0.2) is 0 Å². The maximum atomic E-state index is 10.5. The second kappa shape index (κ2) is 10.1. The number of benzene rings is 1. The first kappa shape index (κ1) is 17.4. The lowest BCUT2D eigenvalue weighted by Gasteiger charge is -2.11. The topological polar surface area (TPSA) is 87.4 Å². The molecule has 0 bridgehead atoms. The van der Waals surface area contributed by atoms with E-state index in [0.717, 1.165) is 32.4 Å². The van der Waals surface area contributed by atoms with Gasteiger partial charge in [-0.15, -0.1) is 0 Å². The van der Waals surface area contributed by atoms with Crippen molar-refractivity contribution in [1.82, 2.24) is 10.6 Å². The Morgan fingerprint density at radius 2 is 1.86 bits per heavy atom. The van der Waals surface area contributed by atoms with Crippen LogP contribution in [0.15, 0.2) is 30.3 Å². The Morgan fingerprint density at radius 1 is 1.19 bits per heavy atom. The van der Waals surface area contributed by atoms with Crippen molar-refractivity contribution in [2.45, 2.75) is 31.7 Å². The summed E-state index contributed by atoms with van der Waals surface area (Å²) in [5, 5.41) is 15.5. The standard InChI is InChI=1S/C15H23N3O2S/c16-13(14(19)20)8-4-5-10-17-15(21)18-11-9-12-6-2-1-3-7-12/h1-3,6-7,13H,4-5,8-11,16H2,(H,19,20)(H2,17,18,21)/t13-/m0/s1. The highest BCUT2D eigenvalue weighted by molar-refractivity contribution is 7.80. The minimum absolute atomic E-state index is 0.491. The molecule has 116 valence electrons. The molecule has 0 aromatic heterocycles. The number of thiocarbonyl (C=S) groups is 1. The van der Waals surface area contributed by atoms with Crippen LogP contribution in [-0.4, -0.2) is 35.3 Å². The van der Waals surface area contributed by atoms with Crippen LogP contribution in [0.1, 0.15) is 24.8 Å². The zero-order valence-electron chi connectivity index (χ0n) is 12.0. The lowest BCUT2D eigenvalue weighted by molar-refractivity contribution is -0.138. The van der Waals surface area contributed by atoms with E-state index in [1.165, 1.54) is 5.56 Å². The second-order valence-corrected chi connectivity index (χ2v) is 5.27. The molecule has 0 amide bonds. The van der Waals surface area contributed by atoms with Crippen molar-refractivity contribution in [2.75, 3.05) is 13.1 Å². The average Bonchev–Trinajstić information content (AvgIpc) is 2.47. The average molecular weight is 309 g/mol. The summed E-state index contributed by atoms with van der Waals surface area (Å²) >= 11 is 5.17. The highest BCUT2D eigenvalue weighted by atomic mass is 32.1. The van der Waals surface area contributed by atoms with Crippen molar-refractivity contribution >= 4 is 23.3 Å². The van der Waals surface area contributed by atoms with E-state index in [0.29, 0.717) is 11.5 Å². The van der Waals surface area contributed by atoms with E-state index < -0.39 is 12.0 Å². The number of aliphatic carboxylic acids is 1. The fourth-order valence-corrected chi connectivity index (χ4v) is 2.05. The molecule has 0 unspecified atom stereocenters. The maximum absolute atomic E-state index is 10.5. The molecule has 1 atom stereocenters. The molecule has 0 spiro atoms. The number of carboxylic acid groups (broad SMARTS) is 1. The molecule has 0 radical (unpaired) electrons. The van der Waals surface area contributed by atoms with Crippen molar-refractivity contribution in [3.8, 4) is 0 Å². The third-order valence-corrected chi connectivity index (χ3v) is 3.38. The molecule has 1 aromatic carbocycles. The molecule has 0 heterocycles. The SMILES string of the molecule is N[C@@H](CCCCNC(=S)NCCc1ccccc1)C(=O)O. The molecule has 0 aliphatic heterocycles. The number of hydrogen-bond acceptors (Lipinski definition) is 3. The van der Waals surface area contributed by atoms with Crippen molar-refractivity contribution < 1.29 is 9.90 Å². The lowest BCUT2D eigenvalue weighted by atomic mass is 10.1. The molecule has 6 heteroatoms. The molecule has 0 fully saturated rings. The normalized spacial score (nSPS) is 11.7. The van der Waals surface area contributed by atoms with Gasteiger partial charge in [0.2, 0.25) is 0 Å². The van der Waals surface area contributed by atoms with Crippen LogP contribution >= 0.6 is 12.2 Å². The molecule has 5 nitrogen and oxygen atoms in total. The molecule has 0 aliphatic carbocycles. The van der Waals surface area contributed by atoms with E-state index in [2.05, 4.69) is 22.8 Å². The summed E-state index contributed by atoms with van der Waals surface area (Å²) < 4.78 is 0. The Morgan fingerprint density at radius 3 is 2.52 bits per heavy atom. The zero-order valence-corrected chi connectivity index (χ0v) is 12.9. The van der Waals surface area contributed by atoms with Gasteiger partial charge in [0.1, 0.15) is 6.04 Å².